The van der Waals surface area contributed by atoms with Gasteiger partial charge in [0, 0.05) is 34.8 Å². The van der Waals surface area contributed by atoms with Gasteiger partial charge in [0.1, 0.15) is 12.0 Å². The molecule has 1 aliphatic rings. The van der Waals surface area contributed by atoms with Crippen molar-refractivity contribution >= 4 is 17.8 Å². The fraction of sp³-hybridized carbons (Fsp3) is 0.160. The van der Waals surface area contributed by atoms with Gasteiger partial charge in [-0.25, -0.2) is 4.68 Å². The number of aromatic nitrogens is 4. The summed E-state index contributed by atoms with van der Waals surface area (Å²) in [6.45, 7) is 1.91. The predicted molar refractivity (Wildman–Crippen MR) is 124 cm³/mol. The van der Waals surface area contributed by atoms with E-state index in [9.17, 15) is 13.2 Å². The van der Waals surface area contributed by atoms with Crippen molar-refractivity contribution in [1.29, 1.82) is 0 Å². The lowest BCUT2D eigenvalue weighted by molar-refractivity contribution is -0.139. The number of rotatable bonds is 5. The molecule has 5 rings (SSSR count). The second-order valence-electron chi connectivity index (χ2n) is 7.85. The van der Waals surface area contributed by atoms with Crippen LogP contribution in [-0.2, 0) is 10.9 Å². The SMILES string of the molecule is COc1cc(Nc2nc3n(n2)C=COC3c2ccccc2C(F)(F)F)ccc1-c1ccnc(C)c1. The van der Waals surface area contributed by atoms with E-state index in [4.69, 9.17) is 9.47 Å². The van der Waals surface area contributed by atoms with E-state index >= 15 is 0 Å². The Morgan fingerprint density at radius 1 is 1.09 bits per heavy atom. The number of ether oxygens (including phenoxy) is 2. The van der Waals surface area contributed by atoms with Crippen molar-refractivity contribution < 1.29 is 22.6 Å². The fourth-order valence-electron chi connectivity index (χ4n) is 3.95. The molecule has 1 N–H and O–H groups in total. The number of fused-ring (bicyclic) bond motifs is 1. The number of anilines is 2. The maximum atomic E-state index is 13.6. The third kappa shape index (κ3) is 4.42. The second-order valence-corrected chi connectivity index (χ2v) is 7.85. The molecule has 1 unspecified atom stereocenters. The molecule has 0 fully saturated rings. The van der Waals surface area contributed by atoms with Gasteiger partial charge in [0.2, 0.25) is 5.95 Å². The van der Waals surface area contributed by atoms with Gasteiger partial charge in [0.25, 0.3) is 0 Å². The molecule has 1 atom stereocenters. The molecule has 0 aliphatic carbocycles. The van der Waals surface area contributed by atoms with Gasteiger partial charge in [-0.05, 0) is 42.8 Å². The predicted octanol–water partition coefficient (Wildman–Crippen LogP) is 5.97. The van der Waals surface area contributed by atoms with E-state index in [0.29, 0.717) is 11.4 Å². The lowest BCUT2D eigenvalue weighted by Crippen LogP contribution is -2.18. The molecule has 0 saturated carbocycles. The van der Waals surface area contributed by atoms with Gasteiger partial charge < -0.3 is 14.8 Å². The number of aryl methyl sites for hydroxylation is 1. The van der Waals surface area contributed by atoms with Crippen LogP contribution < -0.4 is 10.1 Å². The largest absolute Gasteiger partial charge is 0.496 e. The molecule has 10 heteroatoms. The van der Waals surface area contributed by atoms with Gasteiger partial charge in [-0.15, -0.1) is 5.10 Å². The number of hydrogen-bond donors (Lipinski definition) is 1. The van der Waals surface area contributed by atoms with Crippen molar-refractivity contribution in [2.45, 2.75) is 19.2 Å². The van der Waals surface area contributed by atoms with Crippen LogP contribution in [0, 0.1) is 6.92 Å². The number of halogens is 3. The van der Waals surface area contributed by atoms with Crippen LogP contribution in [-0.4, -0.2) is 26.9 Å². The zero-order chi connectivity index (χ0) is 24.6. The molecule has 0 spiro atoms. The van der Waals surface area contributed by atoms with E-state index in [-0.39, 0.29) is 17.3 Å². The summed E-state index contributed by atoms with van der Waals surface area (Å²) >= 11 is 0. The van der Waals surface area contributed by atoms with Crippen molar-refractivity contribution in [2.75, 3.05) is 12.4 Å². The van der Waals surface area contributed by atoms with Gasteiger partial charge >= 0.3 is 6.18 Å². The number of hydrogen-bond acceptors (Lipinski definition) is 6. The Bertz CT molecular complexity index is 1410. The van der Waals surface area contributed by atoms with E-state index in [2.05, 4.69) is 20.4 Å². The van der Waals surface area contributed by atoms with Crippen molar-refractivity contribution in [3.8, 4) is 16.9 Å². The Morgan fingerprint density at radius 2 is 1.91 bits per heavy atom. The van der Waals surface area contributed by atoms with Crippen LogP contribution in [0.5, 0.6) is 5.75 Å². The summed E-state index contributed by atoms with van der Waals surface area (Å²) in [5, 5.41) is 7.45. The Kier molecular flexibility index (Phi) is 5.64. The Morgan fingerprint density at radius 3 is 2.69 bits per heavy atom. The summed E-state index contributed by atoms with van der Waals surface area (Å²) < 4.78 is 53.2. The number of methoxy groups -OCH3 is 1. The minimum atomic E-state index is -4.53. The average Bonchev–Trinajstić information content (AvgIpc) is 3.26. The molecular weight excluding hydrogens is 459 g/mol. The van der Waals surface area contributed by atoms with E-state index in [1.807, 2.05) is 31.2 Å². The molecule has 0 amide bonds. The van der Waals surface area contributed by atoms with E-state index < -0.39 is 17.8 Å². The van der Waals surface area contributed by atoms with Crippen molar-refractivity contribution in [2.24, 2.45) is 0 Å². The van der Waals surface area contributed by atoms with Crippen LogP contribution in [0.3, 0.4) is 0 Å². The summed E-state index contributed by atoms with van der Waals surface area (Å²) in [4.78, 5) is 8.65. The highest BCUT2D eigenvalue weighted by Crippen LogP contribution is 2.39. The summed E-state index contributed by atoms with van der Waals surface area (Å²) in [7, 11) is 1.58. The highest BCUT2D eigenvalue weighted by molar-refractivity contribution is 5.74. The normalized spacial score (nSPS) is 14.8. The molecule has 2 aromatic carbocycles. The molecule has 7 nitrogen and oxygen atoms in total. The fourth-order valence-corrected chi connectivity index (χ4v) is 3.95. The first-order chi connectivity index (χ1) is 16.8. The highest BCUT2D eigenvalue weighted by atomic mass is 19.4. The molecule has 4 aromatic rings. The molecule has 35 heavy (non-hydrogen) atoms. The molecular formula is C25H20F3N5O2. The zero-order valence-corrected chi connectivity index (χ0v) is 18.7. The van der Waals surface area contributed by atoms with E-state index in [0.717, 1.165) is 22.9 Å². The Labute approximate surface area is 198 Å². The summed E-state index contributed by atoms with van der Waals surface area (Å²) in [5.74, 6) is 1.06. The van der Waals surface area contributed by atoms with E-state index in [1.165, 1.54) is 35.3 Å². The lowest BCUT2D eigenvalue weighted by atomic mass is 10.0. The van der Waals surface area contributed by atoms with Gasteiger partial charge in [-0.2, -0.15) is 18.2 Å². The summed E-state index contributed by atoms with van der Waals surface area (Å²) in [6, 6.07) is 14.7. The highest BCUT2D eigenvalue weighted by Gasteiger charge is 2.37. The smallest absolute Gasteiger partial charge is 0.416 e. The first-order valence-corrected chi connectivity index (χ1v) is 10.7. The van der Waals surface area contributed by atoms with Crippen LogP contribution in [0.2, 0.25) is 0 Å². The summed E-state index contributed by atoms with van der Waals surface area (Å²) in [6.07, 6.45) is -1.06. The maximum Gasteiger partial charge on any atom is 0.416 e. The average molecular weight is 479 g/mol. The van der Waals surface area contributed by atoms with Crippen molar-refractivity contribution in [1.82, 2.24) is 19.7 Å². The minimum absolute atomic E-state index is 0.0387. The number of benzene rings is 2. The third-order valence-corrected chi connectivity index (χ3v) is 5.52. The standard InChI is InChI=1S/C25H20F3N5O2/c1-15-13-16(9-10-29-15)18-8-7-17(14-21(18)34-2)30-24-31-23-22(35-12-11-33(23)32-24)19-5-3-4-6-20(19)25(26,27)28/h3-14,22H,1-2H3,(H,30,32). The molecule has 1 aliphatic heterocycles. The lowest BCUT2D eigenvalue weighted by Gasteiger charge is -2.22. The first kappa shape index (κ1) is 22.5. The van der Waals surface area contributed by atoms with Gasteiger partial charge in [0.15, 0.2) is 11.9 Å². The van der Waals surface area contributed by atoms with Crippen LogP contribution in [0.4, 0.5) is 24.8 Å². The molecule has 178 valence electrons. The number of alkyl halides is 3. The zero-order valence-electron chi connectivity index (χ0n) is 18.7. The van der Waals surface area contributed by atoms with Crippen LogP contribution in [0.1, 0.15) is 28.7 Å². The Hall–Kier alpha value is -4.34. The van der Waals surface area contributed by atoms with Gasteiger partial charge in [0.05, 0.1) is 18.9 Å². The number of pyridine rings is 1. The first-order valence-electron chi connectivity index (χ1n) is 10.7. The van der Waals surface area contributed by atoms with Gasteiger partial charge in [-0.1, -0.05) is 18.2 Å². The minimum Gasteiger partial charge on any atom is -0.496 e. The Balaban J connectivity index is 1.46. The van der Waals surface area contributed by atoms with Crippen LogP contribution >= 0.6 is 0 Å². The molecule has 2 aromatic heterocycles. The monoisotopic (exact) mass is 479 g/mol. The van der Waals surface area contributed by atoms with Crippen molar-refractivity contribution in [3.05, 3.63) is 89.7 Å². The van der Waals surface area contributed by atoms with E-state index in [1.54, 1.807) is 19.4 Å². The third-order valence-electron chi connectivity index (χ3n) is 5.52. The molecule has 0 bridgehead atoms. The van der Waals surface area contributed by atoms with Crippen molar-refractivity contribution in [3.63, 3.8) is 0 Å². The maximum absolute atomic E-state index is 13.6. The summed E-state index contributed by atoms with van der Waals surface area (Å²) in [5.41, 5.74) is 2.57. The van der Waals surface area contributed by atoms with Crippen LogP contribution in [0.25, 0.3) is 17.3 Å². The number of nitrogens with zero attached hydrogens (tertiary/aromatic N) is 4. The van der Waals surface area contributed by atoms with Crippen LogP contribution in [0.15, 0.2) is 67.1 Å². The topological polar surface area (TPSA) is 74.1 Å². The molecule has 0 saturated heterocycles. The van der Waals surface area contributed by atoms with Gasteiger partial charge in [-0.3, -0.25) is 4.98 Å². The number of nitrogens with one attached hydrogen (secondary N) is 1. The second kappa shape index (κ2) is 8.79. The quantitative estimate of drug-likeness (QED) is 0.380. The molecule has 3 heterocycles. The molecule has 0 radical (unpaired) electrons.